The smallest absolute Gasteiger partial charge is 0.0256 e. The maximum atomic E-state index is 3.60. The average molecular weight is 153 g/mol. The molecule has 2 aliphatic rings. The second-order valence-electron chi connectivity index (χ2n) is 4.15. The van der Waals surface area contributed by atoms with Crippen LogP contribution in [0.4, 0.5) is 0 Å². The van der Waals surface area contributed by atoms with Gasteiger partial charge in [0.1, 0.15) is 0 Å². The quantitative estimate of drug-likeness (QED) is 0.570. The molecule has 2 aliphatic heterocycles. The summed E-state index contributed by atoms with van der Waals surface area (Å²) >= 11 is 0. The van der Waals surface area contributed by atoms with Gasteiger partial charge in [-0.25, -0.2) is 0 Å². The maximum absolute atomic E-state index is 3.60. The van der Waals surface area contributed by atoms with Gasteiger partial charge in [-0.2, -0.15) is 0 Å². The molecule has 0 aromatic heterocycles. The van der Waals surface area contributed by atoms with Crippen molar-refractivity contribution in [3.8, 4) is 0 Å². The third-order valence-corrected chi connectivity index (χ3v) is 2.91. The highest BCUT2D eigenvalue weighted by atomic mass is 15.0. The van der Waals surface area contributed by atoms with Gasteiger partial charge >= 0.3 is 0 Å². The van der Waals surface area contributed by atoms with Crippen molar-refractivity contribution >= 4 is 0 Å². The van der Waals surface area contributed by atoms with Gasteiger partial charge in [-0.3, -0.25) is 0 Å². The van der Waals surface area contributed by atoms with Crippen LogP contribution in [0.2, 0.25) is 0 Å². The highest BCUT2D eigenvalue weighted by Gasteiger charge is 2.28. The first-order valence-electron chi connectivity index (χ1n) is 4.72. The van der Waals surface area contributed by atoms with E-state index in [0.29, 0.717) is 6.04 Å². The van der Waals surface area contributed by atoms with Crippen molar-refractivity contribution in [1.29, 1.82) is 0 Å². The van der Waals surface area contributed by atoms with Crippen LogP contribution < -0.4 is 5.32 Å². The molecule has 0 saturated carbocycles. The average Bonchev–Trinajstić information content (AvgIpc) is 2.30. The predicted octanol–water partition coefficient (Wildman–Crippen LogP) is 2.34. The Morgan fingerprint density at radius 3 is 3.00 bits per heavy atom. The first kappa shape index (κ1) is 7.35. The molecule has 0 aromatic rings. The molecule has 2 bridgehead atoms. The lowest BCUT2D eigenvalue weighted by atomic mass is 9.94. The van der Waals surface area contributed by atoms with Crippen molar-refractivity contribution in [2.24, 2.45) is 5.92 Å². The minimum Gasteiger partial charge on any atom is -0.307 e. The Bertz CT molecular complexity index is 186. The Hall–Kier alpha value is -0.300. The molecule has 1 fully saturated rings. The molecule has 1 nitrogen and oxygen atoms in total. The molecule has 1 N–H and O–H groups in total. The standard InChI is InChI=1S/C10H17N.H2/c1-7(2)8-5-9-3-4-10(6-8)11-9;/h5,7,9-11H,3-4,6H2,1-2H3;1H. The van der Waals surface area contributed by atoms with Crippen molar-refractivity contribution in [3.63, 3.8) is 0 Å². The summed E-state index contributed by atoms with van der Waals surface area (Å²) in [5, 5.41) is 3.60. The fourth-order valence-corrected chi connectivity index (χ4v) is 2.18. The molecule has 64 valence electrons. The molecular formula is C10H19N. The van der Waals surface area contributed by atoms with Gasteiger partial charge in [0.25, 0.3) is 0 Å². The van der Waals surface area contributed by atoms with Crippen LogP contribution in [0.1, 0.15) is 34.5 Å². The third kappa shape index (κ3) is 1.34. The summed E-state index contributed by atoms with van der Waals surface area (Å²) in [7, 11) is 0. The van der Waals surface area contributed by atoms with E-state index in [2.05, 4.69) is 25.2 Å². The molecule has 2 rings (SSSR count). The third-order valence-electron chi connectivity index (χ3n) is 2.91. The van der Waals surface area contributed by atoms with E-state index in [1.807, 2.05) is 0 Å². The Morgan fingerprint density at radius 2 is 2.36 bits per heavy atom. The molecule has 1 heteroatoms. The first-order chi connectivity index (χ1) is 5.25. The molecule has 0 radical (unpaired) electrons. The van der Waals surface area contributed by atoms with Crippen molar-refractivity contribution in [1.82, 2.24) is 5.32 Å². The summed E-state index contributed by atoms with van der Waals surface area (Å²) < 4.78 is 0. The van der Waals surface area contributed by atoms with E-state index >= 15 is 0 Å². The maximum Gasteiger partial charge on any atom is 0.0256 e. The van der Waals surface area contributed by atoms with Crippen molar-refractivity contribution in [2.75, 3.05) is 0 Å². The second-order valence-corrected chi connectivity index (χ2v) is 4.15. The van der Waals surface area contributed by atoms with Crippen LogP contribution >= 0.6 is 0 Å². The lowest BCUT2D eigenvalue weighted by Crippen LogP contribution is -2.33. The number of nitrogens with one attached hydrogen (secondary N) is 1. The largest absolute Gasteiger partial charge is 0.307 e. The molecule has 0 spiro atoms. The van der Waals surface area contributed by atoms with Crippen LogP contribution in [0.5, 0.6) is 0 Å². The Labute approximate surface area is 70.4 Å². The molecule has 2 heterocycles. The zero-order chi connectivity index (χ0) is 7.84. The molecule has 0 amide bonds. The van der Waals surface area contributed by atoms with Crippen LogP contribution in [-0.2, 0) is 0 Å². The van der Waals surface area contributed by atoms with Crippen LogP contribution in [0, 0.1) is 5.92 Å². The van der Waals surface area contributed by atoms with Gasteiger partial charge in [0.05, 0.1) is 0 Å². The van der Waals surface area contributed by atoms with E-state index in [1.165, 1.54) is 19.3 Å². The summed E-state index contributed by atoms with van der Waals surface area (Å²) in [5.74, 6) is 0.764. The fourth-order valence-electron chi connectivity index (χ4n) is 2.18. The molecule has 0 aromatic carbocycles. The van der Waals surface area contributed by atoms with Gasteiger partial charge in [0.2, 0.25) is 0 Å². The molecule has 2 atom stereocenters. The minimum absolute atomic E-state index is 0. The summed E-state index contributed by atoms with van der Waals surface area (Å²) in [4.78, 5) is 0. The lowest BCUT2D eigenvalue weighted by molar-refractivity contribution is 0.516. The zero-order valence-corrected chi connectivity index (χ0v) is 7.43. The lowest BCUT2D eigenvalue weighted by Gasteiger charge is -2.23. The van der Waals surface area contributed by atoms with Gasteiger partial charge in [0.15, 0.2) is 0 Å². The van der Waals surface area contributed by atoms with E-state index in [4.69, 9.17) is 0 Å². The first-order valence-corrected chi connectivity index (χ1v) is 4.72. The summed E-state index contributed by atoms with van der Waals surface area (Å²) in [6.07, 6.45) is 6.50. The Kier molecular flexibility index (Phi) is 1.76. The highest BCUT2D eigenvalue weighted by Crippen LogP contribution is 2.29. The van der Waals surface area contributed by atoms with E-state index in [9.17, 15) is 0 Å². The van der Waals surface area contributed by atoms with Gasteiger partial charge in [-0.1, -0.05) is 25.5 Å². The van der Waals surface area contributed by atoms with E-state index < -0.39 is 0 Å². The predicted molar refractivity (Wildman–Crippen MR) is 49.6 cm³/mol. The number of hydrogen-bond donors (Lipinski definition) is 1. The molecular weight excluding hydrogens is 134 g/mol. The number of fused-ring (bicyclic) bond motifs is 2. The highest BCUT2D eigenvalue weighted by molar-refractivity contribution is 5.18. The summed E-state index contributed by atoms with van der Waals surface area (Å²) in [5.41, 5.74) is 1.68. The van der Waals surface area contributed by atoms with Crippen molar-refractivity contribution in [3.05, 3.63) is 11.6 Å². The SMILES string of the molecule is CC(C)C1=CC2CCC(C1)N2.[HH]. The number of hydrogen-bond acceptors (Lipinski definition) is 1. The van der Waals surface area contributed by atoms with Gasteiger partial charge in [0, 0.05) is 13.5 Å². The Morgan fingerprint density at radius 1 is 1.55 bits per heavy atom. The molecule has 11 heavy (non-hydrogen) atoms. The topological polar surface area (TPSA) is 12.0 Å². The van der Waals surface area contributed by atoms with E-state index in [-0.39, 0.29) is 1.43 Å². The van der Waals surface area contributed by atoms with Crippen LogP contribution in [-0.4, -0.2) is 12.1 Å². The van der Waals surface area contributed by atoms with E-state index in [1.54, 1.807) is 5.57 Å². The molecule has 0 aliphatic carbocycles. The van der Waals surface area contributed by atoms with E-state index in [0.717, 1.165) is 12.0 Å². The van der Waals surface area contributed by atoms with Crippen LogP contribution in [0.25, 0.3) is 0 Å². The van der Waals surface area contributed by atoms with Crippen molar-refractivity contribution < 1.29 is 1.43 Å². The van der Waals surface area contributed by atoms with Gasteiger partial charge in [-0.05, 0) is 25.2 Å². The Balaban J connectivity index is 0.000000720. The molecule has 2 unspecified atom stereocenters. The number of rotatable bonds is 1. The minimum atomic E-state index is 0. The van der Waals surface area contributed by atoms with Crippen molar-refractivity contribution in [2.45, 2.75) is 45.2 Å². The van der Waals surface area contributed by atoms with Gasteiger partial charge in [-0.15, -0.1) is 0 Å². The molecule has 1 saturated heterocycles. The van der Waals surface area contributed by atoms with Gasteiger partial charge < -0.3 is 5.32 Å². The zero-order valence-electron chi connectivity index (χ0n) is 7.43. The summed E-state index contributed by atoms with van der Waals surface area (Å²) in [6.45, 7) is 4.60. The van der Waals surface area contributed by atoms with Crippen LogP contribution in [0.15, 0.2) is 11.6 Å². The monoisotopic (exact) mass is 153 g/mol. The normalized spacial score (nSPS) is 36.1. The second kappa shape index (κ2) is 2.63. The summed E-state index contributed by atoms with van der Waals surface area (Å²) in [6, 6.07) is 1.52. The van der Waals surface area contributed by atoms with Crippen LogP contribution in [0.3, 0.4) is 0 Å². The fraction of sp³-hybridized carbons (Fsp3) is 0.800.